The number of carbonyl (C=O) groups is 1. The van der Waals surface area contributed by atoms with E-state index in [0.29, 0.717) is 41.3 Å². The lowest BCUT2D eigenvalue weighted by Crippen LogP contribution is -2.50. The number of halogens is 1. The van der Waals surface area contributed by atoms with Crippen LogP contribution in [0.15, 0.2) is 16.9 Å². The summed E-state index contributed by atoms with van der Waals surface area (Å²) in [5.41, 5.74) is 6.03. The molecule has 5 rings (SSSR count). The molecule has 0 spiro atoms. The zero-order valence-electron chi connectivity index (χ0n) is 15.6. The molecule has 1 aromatic carbocycles. The molecule has 148 valence electrons. The van der Waals surface area contributed by atoms with E-state index in [1.54, 1.807) is 6.92 Å². The molecule has 0 bridgehead atoms. The quantitative estimate of drug-likeness (QED) is 0.834. The van der Waals surface area contributed by atoms with Gasteiger partial charge in [-0.1, -0.05) is 0 Å². The number of rotatable bonds is 4. The van der Waals surface area contributed by atoms with Gasteiger partial charge in [0.25, 0.3) is 5.56 Å². The van der Waals surface area contributed by atoms with Gasteiger partial charge in [-0.2, -0.15) is 0 Å². The molecule has 1 saturated carbocycles. The second kappa shape index (κ2) is 5.70. The van der Waals surface area contributed by atoms with Gasteiger partial charge in [0, 0.05) is 24.0 Å². The van der Waals surface area contributed by atoms with E-state index in [4.69, 9.17) is 10.5 Å². The van der Waals surface area contributed by atoms with E-state index in [1.165, 1.54) is 16.7 Å². The Balaban J connectivity index is 1.61. The van der Waals surface area contributed by atoms with Crippen LogP contribution in [-0.4, -0.2) is 40.9 Å². The number of carboxylic acid groups (broad SMARTS) is 1. The predicted octanol–water partition coefficient (Wildman–Crippen LogP) is 2.11. The van der Waals surface area contributed by atoms with Crippen molar-refractivity contribution in [3.05, 3.63) is 33.9 Å². The van der Waals surface area contributed by atoms with Crippen LogP contribution in [0.4, 0.5) is 10.1 Å². The fraction of sp³-hybridized carbons (Fsp3) is 0.500. The van der Waals surface area contributed by atoms with Crippen molar-refractivity contribution in [3.63, 3.8) is 0 Å². The van der Waals surface area contributed by atoms with Crippen LogP contribution in [0.2, 0.25) is 0 Å². The molecule has 1 aliphatic carbocycles. The first-order valence-corrected chi connectivity index (χ1v) is 9.59. The standard InChI is InChI=1S/C20H22FN3O4/c1-10-9-28-17-15-12(4-13(19(26)27)18(25)24(10)15)5-14(21)16(17)23-7-11(8-23)6-20(22)2-3-20/h4-5,10-11H,2-3,6-9,22H2,1H3,(H,26,27)/t10-/m0/s1. The molecule has 1 aromatic heterocycles. The Bertz CT molecular complexity index is 1070. The van der Waals surface area contributed by atoms with Gasteiger partial charge in [-0.15, -0.1) is 0 Å². The molecular formula is C20H22FN3O4. The van der Waals surface area contributed by atoms with Gasteiger partial charge in [0.2, 0.25) is 0 Å². The first-order chi connectivity index (χ1) is 13.3. The zero-order valence-corrected chi connectivity index (χ0v) is 15.6. The molecule has 1 saturated heterocycles. The molecule has 0 unspecified atom stereocenters. The van der Waals surface area contributed by atoms with Gasteiger partial charge < -0.3 is 20.5 Å². The number of nitrogens with zero attached hydrogens (tertiary/aromatic N) is 2. The molecule has 7 nitrogen and oxygen atoms in total. The maximum atomic E-state index is 15.0. The average Bonchev–Trinajstić information content (AvgIpc) is 3.33. The minimum absolute atomic E-state index is 0.0351. The summed E-state index contributed by atoms with van der Waals surface area (Å²) in [7, 11) is 0. The van der Waals surface area contributed by atoms with Crippen molar-refractivity contribution in [2.45, 2.75) is 37.8 Å². The first kappa shape index (κ1) is 17.5. The lowest BCUT2D eigenvalue weighted by molar-refractivity contribution is 0.0694. The van der Waals surface area contributed by atoms with Crippen molar-refractivity contribution in [3.8, 4) is 5.75 Å². The third-order valence-electron chi connectivity index (χ3n) is 6.20. The normalized spacial score (nSPS) is 22.7. The van der Waals surface area contributed by atoms with Crippen LogP contribution >= 0.6 is 0 Å². The molecule has 3 heterocycles. The third-order valence-corrected chi connectivity index (χ3v) is 6.20. The largest absolute Gasteiger partial charge is 0.487 e. The maximum absolute atomic E-state index is 15.0. The molecule has 1 atom stereocenters. The fourth-order valence-electron chi connectivity index (χ4n) is 4.54. The Kier molecular flexibility index (Phi) is 3.56. The number of benzene rings is 1. The van der Waals surface area contributed by atoms with Crippen molar-refractivity contribution in [1.29, 1.82) is 0 Å². The van der Waals surface area contributed by atoms with Crippen LogP contribution in [0.3, 0.4) is 0 Å². The van der Waals surface area contributed by atoms with Gasteiger partial charge in [0.1, 0.15) is 17.9 Å². The number of pyridine rings is 1. The van der Waals surface area contributed by atoms with Crippen LogP contribution in [0.25, 0.3) is 10.9 Å². The van der Waals surface area contributed by atoms with E-state index in [2.05, 4.69) is 0 Å². The number of anilines is 1. The highest BCUT2D eigenvalue weighted by molar-refractivity contribution is 5.97. The minimum atomic E-state index is -1.32. The highest BCUT2D eigenvalue weighted by atomic mass is 19.1. The molecule has 2 aromatic rings. The van der Waals surface area contributed by atoms with Gasteiger partial charge in [-0.05, 0) is 44.2 Å². The Labute approximate surface area is 160 Å². The Morgan fingerprint density at radius 2 is 2.11 bits per heavy atom. The summed E-state index contributed by atoms with van der Waals surface area (Å²) in [4.78, 5) is 26.1. The predicted molar refractivity (Wildman–Crippen MR) is 102 cm³/mol. The van der Waals surface area contributed by atoms with Crippen LogP contribution in [-0.2, 0) is 0 Å². The number of aromatic carboxylic acids is 1. The van der Waals surface area contributed by atoms with Crippen molar-refractivity contribution in [2.75, 3.05) is 24.6 Å². The van der Waals surface area contributed by atoms with E-state index in [0.717, 1.165) is 19.3 Å². The molecule has 0 amide bonds. The average molecular weight is 387 g/mol. The van der Waals surface area contributed by atoms with Crippen LogP contribution in [0.1, 0.15) is 42.6 Å². The highest BCUT2D eigenvalue weighted by Gasteiger charge is 2.44. The highest BCUT2D eigenvalue weighted by Crippen LogP contribution is 2.46. The van der Waals surface area contributed by atoms with Gasteiger partial charge in [0.05, 0.1) is 11.6 Å². The molecule has 3 N–H and O–H groups in total. The van der Waals surface area contributed by atoms with E-state index >= 15 is 4.39 Å². The number of hydrogen-bond donors (Lipinski definition) is 2. The second-order valence-corrected chi connectivity index (χ2v) is 8.51. The first-order valence-electron chi connectivity index (χ1n) is 9.59. The molecule has 8 heteroatoms. The number of ether oxygens (including phenoxy) is 1. The van der Waals surface area contributed by atoms with Crippen molar-refractivity contribution >= 4 is 22.6 Å². The number of carboxylic acids is 1. The molecule has 2 aliphatic heterocycles. The van der Waals surface area contributed by atoms with Gasteiger partial charge >= 0.3 is 5.97 Å². The van der Waals surface area contributed by atoms with Gasteiger partial charge in [-0.3, -0.25) is 9.36 Å². The van der Waals surface area contributed by atoms with Crippen LogP contribution in [0.5, 0.6) is 5.75 Å². The molecule has 0 radical (unpaired) electrons. The summed E-state index contributed by atoms with van der Waals surface area (Å²) in [6.45, 7) is 3.37. The number of nitrogens with two attached hydrogens (primary N) is 1. The summed E-state index contributed by atoms with van der Waals surface area (Å²) in [6.07, 6.45) is 3.05. The van der Waals surface area contributed by atoms with Crippen molar-refractivity contribution < 1.29 is 19.0 Å². The number of hydrogen-bond acceptors (Lipinski definition) is 5. The fourth-order valence-corrected chi connectivity index (χ4v) is 4.54. The van der Waals surface area contributed by atoms with Crippen LogP contribution < -0.4 is 20.9 Å². The van der Waals surface area contributed by atoms with Crippen molar-refractivity contribution in [1.82, 2.24) is 4.57 Å². The summed E-state index contributed by atoms with van der Waals surface area (Å²) >= 11 is 0. The topological polar surface area (TPSA) is 97.8 Å². The lowest BCUT2D eigenvalue weighted by Gasteiger charge is -2.43. The molecular weight excluding hydrogens is 365 g/mol. The minimum Gasteiger partial charge on any atom is -0.487 e. The Morgan fingerprint density at radius 3 is 2.75 bits per heavy atom. The summed E-state index contributed by atoms with van der Waals surface area (Å²) < 4.78 is 22.3. The summed E-state index contributed by atoms with van der Waals surface area (Å²) in [6, 6.07) is 2.20. The van der Waals surface area contributed by atoms with E-state index in [1.807, 2.05) is 4.90 Å². The molecule has 28 heavy (non-hydrogen) atoms. The number of aromatic nitrogens is 1. The van der Waals surface area contributed by atoms with E-state index in [9.17, 15) is 14.7 Å². The zero-order chi connectivity index (χ0) is 19.8. The summed E-state index contributed by atoms with van der Waals surface area (Å²) in [5.74, 6) is -1.03. The molecule has 3 aliphatic rings. The SMILES string of the molecule is C[C@H]1COc2c(N3CC(CC4(N)CC4)C3)c(F)cc3cc(C(=O)O)c(=O)n1c23. The third kappa shape index (κ3) is 2.51. The monoisotopic (exact) mass is 387 g/mol. The maximum Gasteiger partial charge on any atom is 0.341 e. The second-order valence-electron chi connectivity index (χ2n) is 8.51. The summed E-state index contributed by atoms with van der Waals surface area (Å²) in [5, 5.41) is 9.71. The lowest BCUT2D eigenvalue weighted by atomic mass is 9.90. The van der Waals surface area contributed by atoms with Crippen LogP contribution in [0, 0.1) is 11.7 Å². The Hall–Kier alpha value is -2.61. The smallest absolute Gasteiger partial charge is 0.341 e. The van der Waals surface area contributed by atoms with Crippen molar-refractivity contribution in [2.24, 2.45) is 11.7 Å². The van der Waals surface area contributed by atoms with Gasteiger partial charge in [0.15, 0.2) is 11.6 Å². The van der Waals surface area contributed by atoms with E-state index in [-0.39, 0.29) is 23.8 Å². The van der Waals surface area contributed by atoms with E-state index < -0.39 is 17.3 Å². The Morgan fingerprint density at radius 1 is 1.39 bits per heavy atom. The molecule has 2 fully saturated rings. The van der Waals surface area contributed by atoms with Gasteiger partial charge in [-0.25, -0.2) is 9.18 Å².